The molecule has 1 aromatic rings. The summed E-state index contributed by atoms with van der Waals surface area (Å²) in [6.45, 7) is 3.85. The van der Waals surface area contributed by atoms with E-state index >= 15 is 0 Å². The van der Waals surface area contributed by atoms with Crippen molar-refractivity contribution in [2.45, 2.75) is 26.3 Å². The van der Waals surface area contributed by atoms with Crippen LogP contribution in [0.3, 0.4) is 0 Å². The molecule has 1 aliphatic heterocycles. The molecular formula is C16H21FN4O2S. The number of benzene rings is 1. The molecule has 1 aliphatic rings. The van der Waals surface area contributed by atoms with Crippen LogP contribution >= 0.6 is 12.2 Å². The fourth-order valence-corrected chi connectivity index (χ4v) is 2.35. The number of hydrazone groups is 1. The minimum Gasteiger partial charge on any atom is -0.450 e. The fourth-order valence-electron chi connectivity index (χ4n) is 2.23. The normalized spacial score (nSPS) is 14.1. The van der Waals surface area contributed by atoms with Gasteiger partial charge in [0.15, 0.2) is 5.11 Å². The van der Waals surface area contributed by atoms with Gasteiger partial charge < -0.3 is 15.0 Å². The zero-order valence-corrected chi connectivity index (χ0v) is 14.4. The molecule has 6 nitrogen and oxygen atoms in total. The fraction of sp³-hybridized carbons (Fsp3) is 0.438. The molecule has 0 unspecified atom stereocenters. The lowest BCUT2D eigenvalue weighted by atomic mass is 10.1. The predicted octanol–water partition coefficient (Wildman–Crippen LogP) is 2.40. The number of thiocarbonyl (C=S) groups is 1. The Kier molecular flexibility index (Phi) is 6.92. The third-order valence-electron chi connectivity index (χ3n) is 3.55. The molecule has 2 N–H and O–H groups in total. The Bertz CT molecular complexity index is 597. The molecule has 0 saturated carbocycles. The van der Waals surface area contributed by atoms with Crippen LogP contribution in [0.25, 0.3) is 0 Å². The summed E-state index contributed by atoms with van der Waals surface area (Å²) in [5.74, 6) is -0.264. The summed E-state index contributed by atoms with van der Waals surface area (Å²) >= 11 is 5.16. The smallest absolute Gasteiger partial charge is 0.409 e. The van der Waals surface area contributed by atoms with Crippen molar-refractivity contribution in [2.75, 3.05) is 19.7 Å². The SMILES string of the molecule is CCOC(=O)N1CCC(=NNC(=S)NCc2ccc(F)cc2)CC1. The van der Waals surface area contributed by atoms with Crippen LogP contribution in [-0.2, 0) is 11.3 Å². The maximum atomic E-state index is 12.8. The Morgan fingerprint density at radius 1 is 1.33 bits per heavy atom. The molecule has 24 heavy (non-hydrogen) atoms. The number of ether oxygens (including phenoxy) is 1. The van der Waals surface area contributed by atoms with Crippen LogP contribution in [0.1, 0.15) is 25.3 Å². The van der Waals surface area contributed by atoms with E-state index < -0.39 is 0 Å². The maximum absolute atomic E-state index is 12.8. The highest BCUT2D eigenvalue weighted by Crippen LogP contribution is 2.08. The predicted molar refractivity (Wildman–Crippen MR) is 94.2 cm³/mol. The van der Waals surface area contributed by atoms with E-state index in [0.717, 1.165) is 11.3 Å². The van der Waals surface area contributed by atoms with Gasteiger partial charge in [0.2, 0.25) is 0 Å². The number of halogens is 1. The third kappa shape index (κ3) is 5.77. The van der Waals surface area contributed by atoms with Gasteiger partial charge in [0.05, 0.1) is 6.61 Å². The van der Waals surface area contributed by atoms with Gasteiger partial charge in [-0.1, -0.05) is 12.1 Å². The van der Waals surface area contributed by atoms with Gasteiger partial charge in [-0.2, -0.15) is 5.10 Å². The molecule has 2 rings (SSSR count). The standard InChI is InChI=1S/C16H21FN4O2S/c1-2-23-16(22)21-9-7-14(8-10-21)19-20-15(24)18-11-12-3-5-13(17)6-4-12/h3-6H,2,7-11H2,1H3,(H2,18,20,24). The van der Waals surface area contributed by atoms with Crippen molar-refractivity contribution < 1.29 is 13.9 Å². The van der Waals surface area contributed by atoms with Crippen molar-refractivity contribution in [2.24, 2.45) is 5.10 Å². The molecule has 8 heteroatoms. The highest BCUT2D eigenvalue weighted by atomic mass is 32.1. The molecule has 0 aromatic heterocycles. The highest BCUT2D eigenvalue weighted by molar-refractivity contribution is 7.80. The minimum absolute atomic E-state index is 0.264. The number of carbonyl (C=O) groups is 1. The summed E-state index contributed by atoms with van der Waals surface area (Å²) in [5, 5.41) is 7.68. The van der Waals surface area contributed by atoms with Gasteiger partial charge >= 0.3 is 6.09 Å². The summed E-state index contributed by atoms with van der Waals surface area (Å²) in [6, 6.07) is 6.21. The molecule has 130 valence electrons. The van der Waals surface area contributed by atoms with Gasteiger partial charge in [-0.15, -0.1) is 0 Å². The first-order valence-corrected chi connectivity index (χ1v) is 8.24. The van der Waals surface area contributed by atoms with Crippen LogP contribution in [0.5, 0.6) is 0 Å². The molecule has 0 spiro atoms. The van der Waals surface area contributed by atoms with Crippen LogP contribution in [0.4, 0.5) is 9.18 Å². The van der Waals surface area contributed by atoms with E-state index in [2.05, 4.69) is 15.8 Å². The summed E-state index contributed by atoms with van der Waals surface area (Å²) < 4.78 is 17.8. The topological polar surface area (TPSA) is 66.0 Å². The van der Waals surface area contributed by atoms with Gasteiger partial charge in [0.1, 0.15) is 5.82 Å². The second-order valence-electron chi connectivity index (χ2n) is 5.28. The number of piperidine rings is 1. The number of carbonyl (C=O) groups excluding carboxylic acids is 1. The summed E-state index contributed by atoms with van der Waals surface area (Å²) in [5.41, 5.74) is 4.69. The Labute approximate surface area is 146 Å². The maximum Gasteiger partial charge on any atom is 0.409 e. The molecule has 0 radical (unpaired) electrons. The van der Waals surface area contributed by atoms with Crippen LogP contribution < -0.4 is 10.7 Å². The van der Waals surface area contributed by atoms with E-state index in [1.54, 1.807) is 24.0 Å². The van der Waals surface area contributed by atoms with Gasteiger partial charge in [-0.25, -0.2) is 9.18 Å². The number of nitrogens with zero attached hydrogens (tertiary/aromatic N) is 2. The van der Waals surface area contributed by atoms with E-state index in [0.29, 0.717) is 44.2 Å². The first-order chi connectivity index (χ1) is 11.6. The first kappa shape index (κ1) is 18.1. The average Bonchev–Trinajstić information content (AvgIpc) is 2.60. The highest BCUT2D eigenvalue weighted by Gasteiger charge is 2.20. The van der Waals surface area contributed by atoms with Crippen molar-refractivity contribution in [3.05, 3.63) is 35.6 Å². The summed E-state index contributed by atoms with van der Waals surface area (Å²) in [6.07, 6.45) is 1.10. The summed E-state index contributed by atoms with van der Waals surface area (Å²) in [7, 11) is 0. The third-order valence-corrected chi connectivity index (χ3v) is 3.78. The van der Waals surface area contributed by atoms with Gasteiger partial charge in [0.25, 0.3) is 0 Å². The Morgan fingerprint density at radius 2 is 2.00 bits per heavy atom. The lowest BCUT2D eigenvalue weighted by molar-refractivity contribution is 0.107. The molecule has 1 fully saturated rings. The van der Waals surface area contributed by atoms with Gasteiger partial charge in [-0.3, -0.25) is 5.43 Å². The van der Waals surface area contributed by atoms with E-state index in [9.17, 15) is 9.18 Å². The quantitative estimate of drug-likeness (QED) is 0.643. The molecule has 0 bridgehead atoms. The van der Waals surface area contributed by atoms with E-state index in [-0.39, 0.29) is 11.9 Å². The van der Waals surface area contributed by atoms with Crippen LogP contribution in [-0.4, -0.2) is 41.5 Å². The van der Waals surface area contributed by atoms with E-state index in [4.69, 9.17) is 17.0 Å². The van der Waals surface area contributed by atoms with Crippen molar-refractivity contribution in [1.82, 2.24) is 15.6 Å². The van der Waals surface area contributed by atoms with Gasteiger partial charge in [0, 0.05) is 38.2 Å². The van der Waals surface area contributed by atoms with Crippen molar-refractivity contribution in [3.8, 4) is 0 Å². The summed E-state index contributed by atoms with van der Waals surface area (Å²) in [4.78, 5) is 13.3. The van der Waals surface area contributed by atoms with Crippen molar-refractivity contribution in [3.63, 3.8) is 0 Å². The molecule has 1 amide bonds. The average molecular weight is 352 g/mol. The monoisotopic (exact) mass is 352 g/mol. The molecule has 1 saturated heterocycles. The second kappa shape index (κ2) is 9.17. The van der Waals surface area contributed by atoms with Crippen LogP contribution in [0.2, 0.25) is 0 Å². The van der Waals surface area contributed by atoms with E-state index in [1.165, 1.54) is 12.1 Å². The zero-order valence-electron chi connectivity index (χ0n) is 13.5. The largest absolute Gasteiger partial charge is 0.450 e. The molecule has 0 atom stereocenters. The van der Waals surface area contributed by atoms with Crippen LogP contribution in [0.15, 0.2) is 29.4 Å². The lowest BCUT2D eigenvalue weighted by Gasteiger charge is -2.26. The Morgan fingerprint density at radius 3 is 2.62 bits per heavy atom. The van der Waals surface area contributed by atoms with Gasteiger partial charge in [-0.05, 0) is 36.8 Å². The number of hydrogen-bond acceptors (Lipinski definition) is 4. The lowest BCUT2D eigenvalue weighted by Crippen LogP contribution is -2.40. The Balaban J connectivity index is 1.70. The Hall–Kier alpha value is -2.22. The van der Waals surface area contributed by atoms with Crippen molar-refractivity contribution >= 4 is 29.1 Å². The zero-order chi connectivity index (χ0) is 17.4. The molecule has 1 aromatic carbocycles. The molecule has 0 aliphatic carbocycles. The van der Waals surface area contributed by atoms with Crippen LogP contribution in [0, 0.1) is 5.82 Å². The number of hydrogen-bond donors (Lipinski definition) is 2. The van der Waals surface area contributed by atoms with E-state index in [1.807, 2.05) is 0 Å². The number of nitrogens with one attached hydrogen (secondary N) is 2. The minimum atomic E-state index is -0.277. The number of amides is 1. The first-order valence-electron chi connectivity index (χ1n) is 7.84. The molecule has 1 heterocycles. The number of likely N-dealkylation sites (tertiary alicyclic amines) is 1. The number of rotatable bonds is 4. The second-order valence-corrected chi connectivity index (χ2v) is 5.69. The van der Waals surface area contributed by atoms with Crippen molar-refractivity contribution in [1.29, 1.82) is 0 Å². The molecular weight excluding hydrogens is 331 g/mol.